The fourth-order valence-electron chi connectivity index (χ4n) is 4.04. The second-order valence-corrected chi connectivity index (χ2v) is 8.14. The topological polar surface area (TPSA) is 87.5 Å². The summed E-state index contributed by atoms with van der Waals surface area (Å²) in [6, 6.07) is 11.1. The van der Waals surface area contributed by atoms with E-state index in [1.54, 1.807) is 11.0 Å². The minimum absolute atomic E-state index is 0.0532. The first-order chi connectivity index (χ1) is 15.5. The Kier molecular flexibility index (Phi) is 6.50. The molecule has 0 unspecified atom stereocenters. The van der Waals surface area contributed by atoms with Gasteiger partial charge in [-0.1, -0.05) is 36.4 Å². The van der Waals surface area contributed by atoms with Gasteiger partial charge in [-0.05, 0) is 48.1 Å². The number of amides is 3. The molecule has 0 bridgehead atoms. The number of halogens is 2. The molecule has 2 atom stereocenters. The number of urea groups is 1. The summed E-state index contributed by atoms with van der Waals surface area (Å²) < 4.78 is 28.3. The first-order valence-corrected chi connectivity index (χ1v) is 10.7. The fraction of sp³-hybridized carbons (Fsp3) is 0.333. The van der Waals surface area contributed by atoms with Crippen LogP contribution in [0, 0.1) is 17.6 Å². The number of hydrogen-bond donors (Lipinski definition) is 3. The van der Waals surface area contributed by atoms with E-state index in [4.69, 9.17) is 5.73 Å². The summed E-state index contributed by atoms with van der Waals surface area (Å²) in [5, 5.41) is 5.42. The Hall–Kier alpha value is -3.26. The van der Waals surface area contributed by atoms with Crippen LogP contribution in [0.1, 0.15) is 30.0 Å². The second-order valence-electron chi connectivity index (χ2n) is 8.14. The number of carbonyl (C=O) groups is 2. The third kappa shape index (κ3) is 4.80. The number of carbonyl (C=O) groups excluding carboxylic acids is 2. The molecule has 1 aliphatic heterocycles. The first-order valence-electron chi connectivity index (χ1n) is 10.7. The van der Waals surface area contributed by atoms with Crippen LogP contribution in [0.5, 0.6) is 0 Å². The SMILES string of the molecule is NCCNC(=O)N[C@H](C(=O)N1CC(c2cc(F)ccc2F)=C[C@H]1c1ccccc1)C1CC1. The van der Waals surface area contributed by atoms with Crippen LogP contribution in [0.4, 0.5) is 13.6 Å². The van der Waals surface area contributed by atoms with Crippen molar-refractivity contribution in [2.75, 3.05) is 19.6 Å². The normalized spacial score (nSPS) is 18.8. The third-order valence-electron chi connectivity index (χ3n) is 5.81. The molecule has 4 rings (SSSR count). The van der Waals surface area contributed by atoms with Gasteiger partial charge >= 0.3 is 6.03 Å². The van der Waals surface area contributed by atoms with E-state index in [-0.39, 0.29) is 23.9 Å². The van der Waals surface area contributed by atoms with Crippen LogP contribution in [0.2, 0.25) is 0 Å². The molecule has 1 saturated carbocycles. The average molecular weight is 440 g/mol. The van der Waals surface area contributed by atoms with E-state index in [9.17, 15) is 18.4 Å². The third-order valence-corrected chi connectivity index (χ3v) is 5.81. The quantitative estimate of drug-likeness (QED) is 0.619. The van der Waals surface area contributed by atoms with Crippen LogP contribution in [0.25, 0.3) is 5.57 Å². The molecule has 0 spiro atoms. The smallest absolute Gasteiger partial charge is 0.315 e. The molecule has 2 aromatic rings. The van der Waals surface area contributed by atoms with Crippen molar-refractivity contribution in [3.05, 3.63) is 77.4 Å². The zero-order valence-electron chi connectivity index (χ0n) is 17.6. The molecule has 1 aliphatic carbocycles. The van der Waals surface area contributed by atoms with Crippen LogP contribution >= 0.6 is 0 Å². The van der Waals surface area contributed by atoms with Crippen LogP contribution in [0.3, 0.4) is 0 Å². The van der Waals surface area contributed by atoms with E-state index in [2.05, 4.69) is 10.6 Å². The van der Waals surface area contributed by atoms with Gasteiger partial charge < -0.3 is 21.3 Å². The second kappa shape index (κ2) is 9.48. The largest absolute Gasteiger partial charge is 0.337 e. The van der Waals surface area contributed by atoms with Crippen LogP contribution in [-0.2, 0) is 4.79 Å². The lowest BCUT2D eigenvalue weighted by atomic mass is 10.0. The molecule has 8 heteroatoms. The Morgan fingerprint density at radius 1 is 1.12 bits per heavy atom. The highest BCUT2D eigenvalue weighted by atomic mass is 19.1. The van der Waals surface area contributed by atoms with Crippen molar-refractivity contribution >= 4 is 17.5 Å². The van der Waals surface area contributed by atoms with Gasteiger partial charge in [0, 0.05) is 25.2 Å². The molecular formula is C24H26F2N4O2. The lowest BCUT2D eigenvalue weighted by Crippen LogP contribution is -2.52. The van der Waals surface area contributed by atoms with Gasteiger partial charge in [0.05, 0.1) is 6.04 Å². The standard InChI is InChI=1S/C24H26F2N4O2/c25-18-8-9-20(26)19(13-18)17-12-21(15-4-2-1-3-5-15)30(14-17)23(31)22(16-6-7-16)29-24(32)28-11-10-27/h1-5,8-9,12-13,16,21-22H,6-7,10-11,14,27H2,(H2,28,29,32)/t21-,22-/m0/s1. The fourth-order valence-corrected chi connectivity index (χ4v) is 4.04. The van der Waals surface area contributed by atoms with Crippen molar-refractivity contribution in [2.45, 2.75) is 24.9 Å². The maximum atomic E-state index is 14.5. The molecule has 0 aromatic heterocycles. The molecular weight excluding hydrogens is 414 g/mol. The van der Waals surface area contributed by atoms with Gasteiger partial charge in [0.25, 0.3) is 0 Å². The predicted octanol–water partition coefficient (Wildman–Crippen LogP) is 2.97. The van der Waals surface area contributed by atoms with E-state index >= 15 is 0 Å². The molecule has 4 N–H and O–H groups in total. The minimum Gasteiger partial charge on any atom is -0.337 e. The van der Waals surface area contributed by atoms with Crippen molar-refractivity contribution in [3.63, 3.8) is 0 Å². The van der Waals surface area contributed by atoms with Crippen molar-refractivity contribution in [2.24, 2.45) is 11.7 Å². The van der Waals surface area contributed by atoms with E-state index in [1.807, 2.05) is 30.3 Å². The number of nitrogens with zero attached hydrogens (tertiary/aromatic N) is 1. The summed E-state index contributed by atoms with van der Waals surface area (Å²) in [5.41, 5.74) is 6.96. The van der Waals surface area contributed by atoms with E-state index in [1.165, 1.54) is 0 Å². The zero-order valence-corrected chi connectivity index (χ0v) is 17.6. The van der Waals surface area contributed by atoms with Gasteiger partial charge in [-0.15, -0.1) is 0 Å². The lowest BCUT2D eigenvalue weighted by molar-refractivity contribution is -0.134. The van der Waals surface area contributed by atoms with Crippen molar-refractivity contribution < 1.29 is 18.4 Å². The molecule has 6 nitrogen and oxygen atoms in total. The highest BCUT2D eigenvalue weighted by Gasteiger charge is 2.42. The first kappa shape index (κ1) is 22.0. The van der Waals surface area contributed by atoms with E-state index < -0.39 is 29.7 Å². The molecule has 1 heterocycles. The summed E-state index contributed by atoms with van der Waals surface area (Å²) in [6.45, 7) is 0.719. The summed E-state index contributed by atoms with van der Waals surface area (Å²) in [5.74, 6) is -1.28. The maximum absolute atomic E-state index is 14.5. The Bertz CT molecular complexity index is 1020. The number of rotatable bonds is 7. The summed E-state index contributed by atoms with van der Waals surface area (Å²) >= 11 is 0. The van der Waals surface area contributed by atoms with Crippen molar-refractivity contribution in [1.29, 1.82) is 0 Å². The van der Waals surface area contributed by atoms with Gasteiger partial charge in [0.15, 0.2) is 0 Å². The maximum Gasteiger partial charge on any atom is 0.315 e. The molecule has 2 aliphatic rings. The number of hydrogen-bond acceptors (Lipinski definition) is 3. The molecule has 1 fully saturated rings. The van der Waals surface area contributed by atoms with Crippen LogP contribution < -0.4 is 16.4 Å². The van der Waals surface area contributed by atoms with Gasteiger partial charge in [0.1, 0.15) is 17.7 Å². The summed E-state index contributed by atoms with van der Waals surface area (Å²) in [4.78, 5) is 27.5. The number of benzene rings is 2. The summed E-state index contributed by atoms with van der Waals surface area (Å²) in [6.07, 6.45) is 3.48. The average Bonchev–Trinajstić information content (AvgIpc) is 3.55. The lowest BCUT2D eigenvalue weighted by Gasteiger charge is -2.30. The zero-order chi connectivity index (χ0) is 22.7. The van der Waals surface area contributed by atoms with Crippen LogP contribution in [0.15, 0.2) is 54.6 Å². The molecule has 0 radical (unpaired) electrons. The van der Waals surface area contributed by atoms with Crippen LogP contribution in [-0.4, -0.2) is 42.5 Å². The van der Waals surface area contributed by atoms with Gasteiger partial charge in [-0.3, -0.25) is 4.79 Å². The molecule has 0 saturated heterocycles. The van der Waals surface area contributed by atoms with Gasteiger partial charge in [0.2, 0.25) is 5.91 Å². The number of nitrogens with two attached hydrogens (primary N) is 1. The van der Waals surface area contributed by atoms with Gasteiger partial charge in [-0.25, -0.2) is 13.6 Å². The molecule has 2 aromatic carbocycles. The molecule has 3 amide bonds. The monoisotopic (exact) mass is 440 g/mol. The highest BCUT2D eigenvalue weighted by molar-refractivity contribution is 5.90. The molecule has 32 heavy (non-hydrogen) atoms. The van der Waals surface area contributed by atoms with Gasteiger partial charge in [-0.2, -0.15) is 0 Å². The Balaban J connectivity index is 1.63. The minimum atomic E-state index is -0.691. The van der Waals surface area contributed by atoms with Crippen molar-refractivity contribution in [1.82, 2.24) is 15.5 Å². The highest BCUT2D eigenvalue weighted by Crippen LogP contribution is 2.39. The number of nitrogens with one attached hydrogen (secondary N) is 2. The Labute approximate surface area is 185 Å². The summed E-state index contributed by atoms with van der Waals surface area (Å²) in [7, 11) is 0. The Morgan fingerprint density at radius 2 is 1.88 bits per heavy atom. The van der Waals surface area contributed by atoms with Crippen molar-refractivity contribution in [3.8, 4) is 0 Å². The Morgan fingerprint density at radius 3 is 2.56 bits per heavy atom. The van der Waals surface area contributed by atoms with E-state index in [0.29, 0.717) is 18.7 Å². The molecule has 168 valence electrons. The van der Waals surface area contributed by atoms with E-state index in [0.717, 1.165) is 36.6 Å². The predicted molar refractivity (Wildman–Crippen MR) is 117 cm³/mol.